The molecule has 2 N–H and O–H groups in total. The third kappa shape index (κ3) is 26.8. The molecule has 6 fully saturated rings. The molecule has 704 valence electrons. The Labute approximate surface area is 760 Å². The van der Waals surface area contributed by atoms with Crippen molar-refractivity contribution in [3.8, 4) is 0 Å². The molecule has 0 aliphatic carbocycles. The molecular weight excluding hydrogens is 1720 g/mol. The van der Waals surface area contributed by atoms with Gasteiger partial charge in [-0.15, -0.1) is 0 Å². The third-order valence-electron chi connectivity index (χ3n) is 22.3. The van der Waals surface area contributed by atoms with Gasteiger partial charge in [0, 0.05) is 51.2 Å². The van der Waals surface area contributed by atoms with Crippen LogP contribution < -0.4 is 5.73 Å². The zero-order chi connectivity index (χ0) is 92.8. The van der Waals surface area contributed by atoms with Gasteiger partial charge in [0.25, 0.3) is 0 Å². The maximum Gasteiger partial charge on any atom is 0.338 e. The molecule has 26 atom stereocenters. The summed E-state index contributed by atoms with van der Waals surface area (Å²) >= 11 is 0. The van der Waals surface area contributed by atoms with Crippen LogP contribution in [0.3, 0.4) is 0 Å². The minimum Gasteiger partial charge on any atom is -0.467 e. The first kappa shape index (κ1) is 98.2. The summed E-state index contributed by atoms with van der Waals surface area (Å²) < 4.78 is 158. The molecule has 6 heterocycles. The molecule has 132 heavy (non-hydrogen) atoms. The number of nitrogens with zero attached hydrogens (tertiary/aromatic N) is 6. The topological polar surface area (TPSA) is 465 Å². The number of esters is 7. The number of methoxy groups -OCH3 is 2. The van der Waals surface area contributed by atoms with Crippen molar-refractivity contribution in [3.63, 3.8) is 0 Å². The molecule has 7 aromatic carbocycles. The highest BCUT2D eigenvalue weighted by molar-refractivity contribution is 5.89. The van der Waals surface area contributed by atoms with Crippen molar-refractivity contribution in [2.45, 2.75) is 246 Å². The first-order chi connectivity index (χ1) is 64.2. The van der Waals surface area contributed by atoms with E-state index in [1.807, 2.05) is 60.7 Å². The number of azide groups is 2. The van der Waals surface area contributed by atoms with Crippen molar-refractivity contribution in [1.29, 1.82) is 0 Å². The SMILES string of the molecule is COC(=O)C1O[C@@H](O[C@@H]2C(COC(C)=O)O[C@H](OC)C(N=[N+]=[N-])C2OCc2ccccc2)C(OC(=O)c2ccccc2)C(OCc2ccccc2)[C@@H]1O[C@H]1OC(COC(C)=O)[C@@H](O[C@@H]2OC(C(=O)OCc3ccccc3)[C@H](O[C@H]3OC(COC(C)=O)[C@@H](OCc4ccccc4)C(OCc4ccccc4)C3N=[N+]=[N-])C(OCc3ccccc3)C2OC2CCCCO2)C(OC(C)=O)C1N. The van der Waals surface area contributed by atoms with Crippen LogP contribution in [0, 0.1) is 0 Å². The molecule has 6 aliphatic heterocycles. The van der Waals surface area contributed by atoms with Crippen molar-refractivity contribution in [2.75, 3.05) is 40.6 Å². The Bertz CT molecular complexity index is 4910. The number of ether oxygens (including phenoxy) is 24. The van der Waals surface area contributed by atoms with Crippen molar-refractivity contribution < 1.29 is 147 Å². The van der Waals surface area contributed by atoms with Gasteiger partial charge >= 0.3 is 41.8 Å². The van der Waals surface area contributed by atoms with Crippen LogP contribution in [0.4, 0.5) is 0 Å². The Kier molecular flexibility index (Phi) is 36.8. The number of nitrogens with two attached hydrogens (primary N) is 1. The maximum atomic E-state index is 15.9. The number of hydrogen-bond donors (Lipinski definition) is 1. The Hall–Kier alpha value is -11.3. The first-order valence-corrected chi connectivity index (χ1v) is 43.2. The van der Waals surface area contributed by atoms with E-state index in [1.165, 1.54) is 26.2 Å². The van der Waals surface area contributed by atoms with E-state index in [2.05, 4.69) is 20.1 Å². The Balaban J connectivity index is 0.917. The van der Waals surface area contributed by atoms with Gasteiger partial charge in [-0.05, 0) is 75.8 Å². The quantitative estimate of drug-likeness (QED) is 0.0122. The van der Waals surface area contributed by atoms with Gasteiger partial charge in [-0.3, -0.25) is 19.2 Å². The minimum atomic E-state index is -2.09. The van der Waals surface area contributed by atoms with E-state index in [4.69, 9.17) is 119 Å². The molecule has 6 aliphatic rings. The van der Waals surface area contributed by atoms with Gasteiger partial charge in [-0.2, -0.15) is 0 Å². The Morgan fingerprint density at radius 3 is 1.17 bits per heavy atom. The van der Waals surface area contributed by atoms with Crippen LogP contribution in [-0.2, 0) is 182 Å². The molecule has 6 saturated heterocycles. The number of carbonyl (C=O) groups is 7. The van der Waals surface area contributed by atoms with Crippen LogP contribution in [0.5, 0.6) is 0 Å². The molecule has 0 radical (unpaired) electrons. The van der Waals surface area contributed by atoms with E-state index < -0.39 is 221 Å². The second kappa shape index (κ2) is 49.5. The number of rotatable bonds is 41. The zero-order valence-electron chi connectivity index (χ0n) is 73.3. The summed E-state index contributed by atoms with van der Waals surface area (Å²) in [5, 5.41) is 8.38. The lowest BCUT2D eigenvalue weighted by atomic mass is 9.93. The Morgan fingerprint density at radius 1 is 0.364 bits per heavy atom. The fourth-order valence-corrected chi connectivity index (χ4v) is 16.1. The summed E-state index contributed by atoms with van der Waals surface area (Å²) in [4.78, 5) is 106. The van der Waals surface area contributed by atoms with Crippen LogP contribution in [0.1, 0.15) is 90.7 Å². The van der Waals surface area contributed by atoms with E-state index in [-0.39, 0.29) is 58.2 Å². The van der Waals surface area contributed by atoms with Gasteiger partial charge in [0.2, 0.25) is 0 Å². The first-order valence-electron chi connectivity index (χ1n) is 43.2. The van der Waals surface area contributed by atoms with Crippen molar-refractivity contribution >= 4 is 41.8 Å². The molecule has 16 unspecified atom stereocenters. The zero-order valence-corrected chi connectivity index (χ0v) is 73.3. The van der Waals surface area contributed by atoms with Crippen LogP contribution in [0.15, 0.2) is 223 Å². The molecule has 0 aromatic heterocycles. The lowest BCUT2D eigenvalue weighted by Gasteiger charge is -2.52. The fourth-order valence-electron chi connectivity index (χ4n) is 16.1. The summed E-state index contributed by atoms with van der Waals surface area (Å²) in [5.74, 6) is -6.63. The summed E-state index contributed by atoms with van der Waals surface area (Å²) in [6, 6.07) is 56.2. The normalized spacial score (nSPS) is 29.8. The van der Waals surface area contributed by atoms with Gasteiger partial charge in [0.05, 0.1) is 51.7 Å². The predicted molar refractivity (Wildman–Crippen MR) is 457 cm³/mol. The molecule has 38 heteroatoms. The molecule has 0 amide bonds. The van der Waals surface area contributed by atoms with Gasteiger partial charge in [0.1, 0.15) is 118 Å². The molecule has 0 spiro atoms. The highest BCUT2D eigenvalue weighted by Crippen LogP contribution is 2.43. The summed E-state index contributed by atoms with van der Waals surface area (Å²) in [7, 11) is 2.32. The average molecular weight is 1830 g/mol. The molecule has 7 aromatic rings. The molecule has 13 rings (SSSR count). The largest absolute Gasteiger partial charge is 0.467 e. The smallest absolute Gasteiger partial charge is 0.338 e. The number of hydrogen-bond acceptors (Lipinski definition) is 34. The molecule has 0 bridgehead atoms. The van der Waals surface area contributed by atoms with E-state index in [1.54, 1.807) is 140 Å². The van der Waals surface area contributed by atoms with Gasteiger partial charge in [-0.1, -0.05) is 210 Å². The maximum absolute atomic E-state index is 15.9. The van der Waals surface area contributed by atoms with Crippen molar-refractivity contribution in [3.05, 3.63) is 272 Å². The summed E-state index contributed by atoms with van der Waals surface area (Å²) in [6.07, 6.45) is -37.7. The number of carbonyl (C=O) groups excluding carboxylic acids is 7. The van der Waals surface area contributed by atoms with Crippen LogP contribution in [0.2, 0.25) is 0 Å². The van der Waals surface area contributed by atoms with Crippen LogP contribution in [0.25, 0.3) is 20.9 Å². The minimum absolute atomic E-state index is 0.00921. The van der Waals surface area contributed by atoms with Crippen LogP contribution in [-0.4, -0.2) is 242 Å². The second-order valence-electron chi connectivity index (χ2n) is 31.6. The predicted octanol–water partition coefficient (Wildman–Crippen LogP) is 10.1. The molecular formula is C94H107N7O31. The third-order valence-corrected chi connectivity index (χ3v) is 22.3. The lowest BCUT2D eigenvalue weighted by molar-refractivity contribution is -0.389. The standard InChI is InChI=1S/C94H107N7O31/c1-55(102)112-52-66-73(115-46-59-30-14-7-15-31-59)77(116-47-60-32-16-8-17-33-60)72(99-101-97)92(124-66)130-82-79(118-49-62-36-20-10-21-37-62)85(125-69-44-28-29-45-111-69)93(132-84(82)89(108)120-51-64-40-24-12-25-41-64)127-74-67(53-113-56(2)103)122-90(70(95)76(74)121-58(4)105)129-81-80(119-50-63-38-22-11-23-39-63)86(126-87(106)65-42-26-13-27-43-65)94(131-83(81)88(107)109-5)128-75-68(54-114-57(3)104)123-91(110-6)71(98-100-96)78(75)117-48-61-34-18-9-19-35-61/h7-27,30-43,66-86,90-94H,28-29,44-54,95H2,1-6H3/t66?,67?,68?,69?,70?,71?,72?,73-,74-,75-,76?,77?,78?,79?,80?,81+,82-,83?,84?,85?,86?,90-,91+,92-,93-,94-/m1/s1. The van der Waals surface area contributed by atoms with Gasteiger partial charge in [0.15, 0.2) is 62.2 Å². The average Bonchev–Trinajstić information content (AvgIpc) is 0.754. The lowest BCUT2D eigenvalue weighted by Crippen LogP contribution is -2.71. The van der Waals surface area contributed by atoms with Crippen molar-refractivity contribution in [1.82, 2.24) is 0 Å². The monoisotopic (exact) mass is 1830 g/mol. The second-order valence-corrected chi connectivity index (χ2v) is 31.6. The summed E-state index contributed by atoms with van der Waals surface area (Å²) in [5.41, 5.74) is 32.2. The van der Waals surface area contributed by atoms with E-state index >= 15 is 14.4 Å². The van der Waals surface area contributed by atoms with E-state index in [9.17, 15) is 30.2 Å². The number of benzene rings is 7. The summed E-state index contributed by atoms with van der Waals surface area (Å²) in [6.45, 7) is 1.57. The van der Waals surface area contributed by atoms with E-state index in [0.717, 1.165) is 33.4 Å². The highest BCUT2D eigenvalue weighted by atomic mass is 16.8. The molecule has 0 saturated carbocycles. The van der Waals surface area contributed by atoms with Crippen LogP contribution >= 0.6 is 0 Å². The van der Waals surface area contributed by atoms with Crippen molar-refractivity contribution in [2.24, 2.45) is 16.0 Å². The van der Waals surface area contributed by atoms with E-state index in [0.29, 0.717) is 40.7 Å². The highest BCUT2D eigenvalue weighted by Gasteiger charge is 2.62. The molecule has 38 nitrogen and oxygen atoms in total. The fraction of sp³-hybridized carbons (Fsp3) is 0.479. The van der Waals surface area contributed by atoms with Gasteiger partial charge in [-0.25, -0.2) is 14.4 Å². The Morgan fingerprint density at radius 2 is 0.735 bits per heavy atom. The van der Waals surface area contributed by atoms with Gasteiger partial charge < -0.3 is 119 Å².